The summed E-state index contributed by atoms with van der Waals surface area (Å²) in [6, 6.07) is 12.0. The lowest BCUT2D eigenvalue weighted by molar-refractivity contribution is 0.252. The topological polar surface area (TPSA) is 52.0 Å². The Balaban J connectivity index is 1.65. The van der Waals surface area contributed by atoms with E-state index >= 15 is 0 Å². The minimum Gasteiger partial charge on any atom is -0.481 e. The van der Waals surface area contributed by atoms with Crippen LogP contribution in [-0.2, 0) is 7.05 Å². The van der Waals surface area contributed by atoms with Crippen molar-refractivity contribution < 1.29 is 4.74 Å². The van der Waals surface area contributed by atoms with Crippen molar-refractivity contribution in [1.29, 1.82) is 0 Å². The highest BCUT2D eigenvalue weighted by Gasteiger charge is 2.20. The molecule has 23 heavy (non-hydrogen) atoms. The molecule has 0 aliphatic carbocycles. The van der Waals surface area contributed by atoms with Gasteiger partial charge in [-0.1, -0.05) is 24.3 Å². The molecule has 1 unspecified atom stereocenters. The van der Waals surface area contributed by atoms with Crippen LogP contribution in [0.25, 0.3) is 6.08 Å². The van der Waals surface area contributed by atoms with E-state index in [0.717, 1.165) is 28.4 Å². The van der Waals surface area contributed by atoms with Crippen LogP contribution in [-0.4, -0.2) is 14.8 Å². The van der Waals surface area contributed by atoms with Gasteiger partial charge in [0.1, 0.15) is 17.7 Å². The molecular formula is C18H16N4O. The van der Waals surface area contributed by atoms with E-state index in [1.54, 1.807) is 17.1 Å². The molecule has 0 saturated carbocycles. The Morgan fingerprint density at radius 1 is 1.17 bits per heavy atom. The van der Waals surface area contributed by atoms with Crippen LogP contribution in [0.2, 0.25) is 0 Å². The number of benzene rings is 1. The van der Waals surface area contributed by atoms with Crippen LogP contribution in [0.15, 0.2) is 61.1 Å². The summed E-state index contributed by atoms with van der Waals surface area (Å²) < 4.78 is 7.86. The molecule has 0 spiro atoms. The van der Waals surface area contributed by atoms with Crippen LogP contribution in [0.5, 0.6) is 5.75 Å². The summed E-state index contributed by atoms with van der Waals surface area (Å²) in [5.41, 5.74) is 2.98. The van der Waals surface area contributed by atoms with E-state index in [0.29, 0.717) is 0 Å². The average Bonchev–Trinajstić information content (AvgIpc) is 3.00. The first kappa shape index (κ1) is 13.6. The van der Waals surface area contributed by atoms with Crippen LogP contribution in [0.3, 0.4) is 0 Å². The number of fused-ring (bicyclic) bond motifs is 1. The summed E-state index contributed by atoms with van der Waals surface area (Å²) >= 11 is 0. The van der Waals surface area contributed by atoms with Crippen molar-refractivity contribution in [3.05, 3.63) is 72.2 Å². The van der Waals surface area contributed by atoms with E-state index in [-0.39, 0.29) is 6.10 Å². The third-order valence-electron chi connectivity index (χ3n) is 3.74. The largest absolute Gasteiger partial charge is 0.481 e. The number of hydrogen-bond donors (Lipinski definition) is 1. The predicted molar refractivity (Wildman–Crippen MR) is 89.6 cm³/mol. The molecule has 1 aliphatic rings. The van der Waals surface area contributed by atoms with Gasteiger partial charge in [0.05, 0.1) is 11.9 Å². The summed E-state index contributed by atoms with van der Waals surface area (Å²) in [5.74, 6) is 1.66. The number of hydrogen-bond acceptors (Lipinski definition) is 4. The number of para-hydroxylation sites is 1. The number of aromatic nitrogens is 3. The van der Waals surface area contributed by atoms with Crippen LogP contribution < -0.4 is 10.1 Å². The van der Waals surface area contributed by atoms with Crippen LogP contribution >= 0.6 is 0 Å². The summed E-state index contributed by atoms with van der Waals surface area (Å²) in [4.78, 5) is 4.45. The number of aryl methyl sites for hydroxylation is 1. The maximum atomic E-state index is 6.11. The predicted octanol–water partition coefficient (Wildman–Crippen LogP) is 3.71. The van der Waals surface area contributed by atoms with Gasteiger partial charge in [-0.2, -0.15) is 5.10 Å². The zero-order valence-electron chi connectivity index (χ0n) is 12.7. The molecule has 5 nitrogen and oxygen atoms in total. The molecule has 114 valence electrons. The number of anilines is 2. The van der Waals surface area contributed by atoms with Gasteiger partial charge in [-0.3, -0.25) is 4.68 Å². The maximum Gasteiger partial charge on any atom is 0.146 e. The zero-order valence-corrected chi connectivity index (χ0v) is 12.7. The molecule has 0 amide bonds. The number of pyridine rings is 1. The Morgan fingerprint density at radius 2 is 2.09 bits per heavy atom. The minimum atomic E-state index is -0.169. The third-order valence-corrected chi connectivity index (χ3v) is 3.74. The second-order valence-electron chi connectivity index (χ2n) is 5.40. The van der Waals surface area contributed by atoms with E-state index in [2.05, 4.69) is 21.5 Å². The van der Waals surface area contributed by atoms with Gasteiger partial charge in [0.15, 0.2) is 0 Å². The van der Waals surface area contributed by atoms with Crippen LogP contribution in [0.4, 0.5) is 11.5 Å². The van der Waals surface area contributed by atoms with Gasteiger partial charge in [0, 0.05) is 30.6 Å². The first-order chi connectivity index (χ1) is 11.3. The van der Waals surface area contributed by atoms with Crippen molar-refractivity contribution in [2.75, 3.05) is 5.32 Å². The first-order valence-corrected chi connectivity index (χ1v) is 7.44. The zero-order chi connectivity index (χ0) is 15.6. The molecule has 0 bridgehead atoms. The smallest absolute Gasteiger partial charge is 0.146 e. The van der Waals surface area contributed by atoms with Crippen molar-refractivity contribution in [1.82, 2.24) is 14.8 Å². The highest BCUT2D eigenvalue weighted by atomic mass is 16.5. The van der Waals surface area contributed by atoms with Gasteiger partial charge < -0.3 is 10.1 Å². The Bertz CT molecular complexity index is 869. The van der Waals surface area contributed by atoms with Gasteiger partial charge in [0.25, 0.3) is 0 Å². The molecule has 3 aromatic rings. The fourth-order valence-corrected chi connectivity index (χ4v) is 2.63. The van der Waals surface area contributed by atoms with E-state index in [4.69, 9.17) is 4.74 Å². The van der Waals surface area contributed by atoms with Crippen molar-refractivity contribution in [2.45, 2.75) is 6.10 Å². The number of rotatable bonds is 3. The molecule has 1 aromatic carbocycles. The van der Waals surface area contributed by atoms with Crippen molar-refractivity contribution in [3.8, 4) is 5.75 Å². The lowest BCUT2D eigenvalue weighted by Crippen LogP contribution is -2.11. The molecule has 4 rings (SSSR count). The van der Waals surface area contributed by atoms with Gasteiger partial charge in [-0.25, -0.2) is 4.98 Å². The summed E-state index contributed by atoms with van der Waals surface area (Å²) in [6.07, 6.45) is 9.41. The second-order valence-corrected chi connectivity index (χ2v) is 5.40. The molecule has 0 saturated heterocycles. The molecule has 2 aromatic heterocycles. The SMILES string of the molecule is Cn1cc(Nc2ncccc2C2C=Cc3ccccc3O2)cn1. The van der Waals surface area contributed by atoms with Gasteiger partial charge in [-0.05, 0) is 24.3 Å². The Morgan fingerprint density at radius 3 is 2.96 bits per heavy atom. The van der Waals surface area contributed by atoms with Gasteiger partial charge in [-0.15, -0.1) is 0 Å². The van der Waals surface area contributed by atoms with E-state index in [1.807, 2.05) is 55.7 Å². The molecular weight excluding hydrogens is 288 g/mol. The monoisotopic (exact) mass is 304 g/mol. The van der Waals surface area contributed by atoms with Crippen LogP contribution in [0.1, 0.15) is 17.2 Å². The van der Waals surface area contributed by atoms with Gasteiger partial charge in [0.2, 0.25) is 0 Å². The number of nitrogens with zero attached hydrogens (tertiary/aromatic N) is 3. The lowest BCUT2D eigenvalue weighted by atomic mass is 10.0. The number of ether oxygens (including phenoxy) is 1. The second kappa shape index (κ2) is 5.61. The normalized spacial score (nSPS) is 15.8. The average molecular weight is 304 g/mol. The van der Waals surface area contributed by atoms with Crippen molar-refractivity contribution in [3.63, 3.8) is 0 Å². The fourth-order valence-electron chi connectivity index (χ4n) is 2.63. The first-order valence-electron chi connectivity index (χ1n) is 7.44. The molecule has 0 radical (unpaired) electrons. The van der Waals surface area contributed by atoms with E-state index in [9.17, 15) is 0 Å². The molecule has 3 heterocycles. The summed E-state index contributed by atoms with van der Waals surface area (Å²) in [6.45, 7) is 0. The van der Waals surface area contributed by atoms with Crippen LogP contribution in [0, 0.1) is 0 Å². The fraction of sp³-hybridized carbons (Fsp3) is 0.111. The molecule has 1 atom stereocenters. The lowest BCUT2D eigenvalue weighted by Gasteiger charge is -2.23. The Labute approximate surface area is 134 Å². The third kappa shape index (κ3) is 2.68. The highest BCUT2D eigenvalue weighted by Crippen LogP contribution is 2.35. The minimum absolute atomic E-state index is 0.169. The molecule has 1 N–H and O–H groups in total. The number of nitrogens with one attached hydrogen (secondary N) is 1. The standard InChI is InChI=1S/C18H16N4O/c1-22-12-14(11-20-22)21-18-15(6-4-10-19-18)17-9-8-13-5-2-3-7-16(13)23-17/h2-12,17H,1H3,(H,19,21). The molecule has 0 fully saturated rings. The Kier molecular flexibility index (Phi) is 3.31. The molecule has 5 heteroatoms. The highest BCUT2D eigenvalue weighted by molar-refractivity contribution is 5.64. The molecule has 1 aliphatic heterocycles. The van der Waals surface area contributed by atoms with E-state index < -0.39 is 0 Å². The summed E-state index contributed by atoms with van der Waals surface area (Å²) in [5, 5.41) is 7.47. The van der Waals surface area contributed by atoms with Gasteiger partial charge >= 0.3 is 0 Å². The quantitative estimate of drug-likeness (QED) is 0.801. The summed E-state index contributed by atoms with van der Waals surface area (Å²) in [7, 11) is 1.88. The maximum absolute atomic E-state index is 6.11. The Hall–Kier alpha value is -3.08. The van der Waals surface area contributed by atoms with Crippen molar-refractivity contribution in [2.24, 2.45) is 7.05 Å². The van der Waals surface area contributed by atoms with Crippen molar-refractivity contribution >= 4 is 17.6 Å². The van der Waals surface area contributed by atoms with E-state index in [1.165, 1.54) is 0 Å².